The van der Waals surface area contributed by atoms with Gasteiger partial charge in [0.05, 0.1) is 0 Å². The van der Waals surface area contributed by atoms with Crippen LogP contribution in [0, 0.1) is 18.7 Å². The number of amides is 2. The lowest BCUT2D eigenvalue weighted by Gasteiger charge is -2.33. The van der Waals surface area contributed by atoms with E-state index in [0.29, 0.717) is 43.0 Å². The number of rotatable bonds is 7. The Kier molecular flexibility index (Phi) is 7.33. The Morgan fingerprint density at radius 2 is 2.10 bits per heavy atom. The van der Waals surface area contributed by atoms with Crippen LogP contribution >= 0.6 is 0 Å². The van der Waals surface area contributed by atoms with Gasteiger partial charge in [0.2, 0.25) is 11.8 Å². The van der Waals surface area contributed by atoms with Gasteiger partial charge in [-0.2, -0.15) is 0 Å². The number of hydrogen-bond donors (Lipinski definition) is 1. The molecule has 6 heteroatoms. The maximum absolute atomic E-state index is 13.2. The number of benzene rings is 1. The molecular formula is C23H28FN3O2. The molecule has 1 aliphatic rings. The van der Waals surface area contributed by atoms with Gasteiger partial charge in [-0.3, -0.25) is 14.6 Å². The number of carbonyl (C=O) groups is 2. The fraction of sp³-hybridized carbons (Fsp3) is 0.435. The van der Waals surface area contributed by atoms with Crippen LogP contribution in [-0.2, 0) is 16.0 Å². The van der Waals surface area contributed by atoms with E-state index in [9.17, 15) is 14.0 Å². The van der Waals surface area contributed by atoms with Crippen molar-refractivity contribution >= 4 is 17.5 Å². The fourth-order valence-electron chi connectivity index (χ4n) is 3.78. The predicted molar refractivity (Wildman–Crippen MR) is 111 cm³/mol. The third-order valence-corrected chi connectivity index (χ3v) is 5.44. The highest BCUT2D eigenvalue weighted by molar-refractivity contribution is 5.91. The van der Waals surface area contributed by atoms with Crippen molar-refractivity contribution in [1.82, 2.24) is 9.88 Å². The molecule has 0 spiro atoms. The quantitative estimate of drug-likeness (QED) is 0.764. The van der Waals surface area contributed by atoms with E-state index in [4.69, 9.17) is 0 Å². The van der Waals surface area contributed by atoms with Crippen molar-refractivity contribution in [3.05, 3.63) is 59.7 Å². The summed E-state index contributed by atoms with van der Waals surface area (Å²) in [6.45, 7) is 3.27. The number of carbonyl (C=O) groups excluding carboxylic acids is 2. The van der Waals surface area contributed by atoms with Crippen molar-refractivity contribution in [1.29, 1.82) is 0 Å². The lowest BCUT2D eigenvalue weighted by atomic mass is 9.93. The van der Waals surface area contributed by atoms with Crippen molar-refractivity contribution < 1.29 is 14.0 Å². The molecule has 1 aromatic heterocycles. The second-order valence-electron chi connectivity index (χ2n) is 7.72. The zero-order valence-electron chi connectivity index (χ0n) is 16.9. The zero-order valence-corrected chi connectivity index (χ0v) is 16.9. The Labute approximate surface area is 171 Å². The molecule has 0 bridgehead atoms. The number of likely N-dealkylation sites (tertiary alicyclic amines) is 1. The molecule has 0 aliphatic carbocycles. The van der Waals surface area contributed by atoms with Crippen LogP contribution in [0.25, 0.3) is 0 Å². The van der Waals surface area contributed by atoms with Crippen LogP contribution < -0.4 is 5.32 Å². The highest BCUT2D eigenvalue weighted by Crippen LogP contribution is 2.23. The van der Waals surface area contributed by atoms with Crippen LogP contribution in [0.15, 0.2) is 42.6 Å². The van der Waals surface area contributed by atoms with Gasteiger partial charge in [-0.25, -0.2) is 4.39 Å². The van der Waals surface area contributed by atoms with Gasteiger partial charge in [-0.05, 0) is 74.4 Å². The molecule has 1 unspecified atom stereocenters. The SMILES string of the molecule is Cc1cc(F)ccc1NC(=O)CCC1CCCN(C(=O)CCc2ccccn2)C1. The number of piperidine rings is 1. The first-order valence-electron chi connectivity index (χ1n) is 10.2. The summed E-state index contributed by atoms with van der Waals surface area (Å²) in [5, 5.41) is 2.86. The molecule has 1 fully saturated rings. The molecule has 1 aliphatic heterocycles. The highest BCUT2D eigenvalue weighted by Gasteiger charge is 2.24. The van der Waals surface area contributed by atoms with Crippen molar-refractivity contribution in [2.24, 2.45) is 5.92 Å². The summed E-state index contributed by atoms with van der Waals surface area (Å²) in [6.07, 6.45) is 6.02. The molecular weight excluding hydrogens is 369 g/mol. The van der Waals surface area contributed by atoms with Gasteiger partial charge in [-0.15, -0.1) is 0 Å². The molecule has 2 aromatic rings. The number of nitrogens with one attached hydrogen (secondary N) is 1. The highest BCUT2D eigenvalue weighted by atomic mass is 19.1. The van der Waals surface area contributed by atoms with E-state index in [2.05, 4.69) is 10.3 Å². The number of nitrogens with zero attached hydrogens (tertiary/aromatic N) is 2. The molecule has 1 aromatic carbocycles. The predicted octanol–water partition coefficient (Wildman–Crippen LogP) is 4.12. The number of aryl methyl sites for hydroxylation is 2. The monoisotopic (exact) mass is 397 g/mol. The van der Waals surface area contributed by atoms with Gasteiger partial charge in [0.25, 0.3) is 0 Å². The third kappa shape index (κ3) is 6.38. The molecule has 154 valence electrons. The summed E-state index contributed by atoms with van der Waals surface area (Å²) in [5.74, 6) is 0.114. The molecule has 0 saturated carbocycles. The largest absolute Gasteiger partial charge is 0.342 e. The first-order valence-corrected chi connectivity index (χ1v) is 10.2. The van der Waals surface area contributed by atoms with E-state index in [0.717, 1.165) is 31.5 Å². The Hall–Kier alpha value is -2.76. The summed E-state index contributed by atoms with van der Waals surface area (Å²) in [5.41, 5.74) is 2.29. The van der Waals surface area contributed by atoms with E-state index in [1.54, 1.807) is 19.2 Å². The third-order valence-electron chi connectivity index (χ3n) is 5.44. The van der Waals surface area contributed by atoms with Gasteiger partial charge in [-0.1, -0.05) is 6.07 Å². The summed E-state index contributed by atoms with van der Waals surface area (Å²) >= 11 is 0. The Morgan fingerprint density at radius 1 is 1.24 bits per heavy atom. The van der Waals surface area contributed by atoms with Gasteiger partial charge in [0.1, 0.15) is 5.82 Å². The number of pyridine rings is 1. The second-order valence-corrected chi connectivity index (χ2v) is 7.72. The fourth-order valence-corrected chi connectivity index (χ4v) is 3.78. The first-order chi connectivity index (χ1) is 14.0. The molecule has 5 nitrogen and oxygen atoms in total. The first kappa shape index (κ1) is 21.0. The van der Waals surface area contributed by atoms with Gasteiger partial charge < -0.3 is 10.2 Å². The minimum atomic E-state index is -0.310. The lowest BCUT2D eigenvalue weighted by molar-refractivity contribution is -0.133. The molecule has 1 atom stereocenters. The van der Waals surface area contributed by atoms with Gasteiger partial charge in [0.15, 0.2) is 0 Å². The maximum Gasteiger partial charge on any atom is 0.224 e. The van der Waals surface area contributed by atoms with Crippen LogP contribution in [0.4, 0.5) is 10.1 Å². The summed E-state index contributed by atoms with van der Waals surface area (Å²) in [4.78, 5) is 31.0. The van der Waals surface area contributed by atoms with Crippen LogP contribution in [0.1, 0.15) is 43.4 Å². The van der Waals surface area contributed by atoms with Crippen molar-refractivity contribution in [3.63, 3.8) is 0 Å². The molecule has 0 radical (unpaired) electrons. The molecule has 1 N–H and O–H groups in total. The number of halogens is 1. The van der Waals surface area contributed by atoms with Crippen LogP contribution in [0.3, 0.4) is 0 Å². The standard InChI is InChI=1S/C23H28FN3O2/c1-17-15-19(24)8-10-21(17)26-22(28)11-7-18-5-4-14-27(16-18)23(29)12-9-20-6-2-3-13-25-20/h2-3,6,8,10,13,15,18H,4-5,7,9,11-12,14,16H2,1H3,(H,26,28). The van der Waals surface area contributed by atoms with E-state index in [-0.39, 0.29) is 17.6 Å². The summed E-state index contributed by atoms with van der Waals surface area (Å²) < 4.78 is 13.2. The van der Waals surface area contributed by atoms with Gasteiger partial charge in [0, 0.05) is 43.5 Å². The number of hydrogen-bond acceptors (Lipinski definition) is 3. The molecule has 2 heterocycles. The Bertz CT molecular complexity index is 841. The minimum absolute atomic E-state index is 0.0710. The minimum Gasteiger partial charge on any atom is -0.342 e. The van der Waals surface area contributed by atoms with Gasteiger partial charge >= 0.3 is 0 Å². The molecule has 29 heavy (non-hydrogen) atoms. The van der Waals surface area contributed by atoms with Crippen LogP contribution in [-0.4, -0.2) is 34.8 Å². The van der Waals surface area contributed by atoms with Crippen LogP contribution in [0.5, 0.6) is 0 Å². The smallest absolute Gasteiger partial charge is 0.224 e. The lowest BCUT2D eigenvalue weighted by Crippen LogP contribution is -2.40. The average molecular weight is 397 g/mol. The zero-order chi connectivity index (χ0) is 20.6. The summed E-state index contributed by atoms with van der Waals surface area (Å²) in [7, 11) is 0. The van der Waals surface area contributed by atoms with Crippen LogP contribution in [0.2, 0.25) is 0 Å². The van der Waals surface area contributed by atoms with Crippen molar-refractivity contribution in [2.45, 2.75) is 45.4 Å². The van der Waals surface area contributed by atoms with E-state index in [1.807, 2.05) is 23.1 Å². The van der Waals surface area contributed by atoms with Crippen molar-refractivity contribution in [3.8, 4) is 0 Å². The van der Waals surface area contributed by atoms with E-state index in [1.165, 1.54) is 12.1 Å². The molecule has 1 saturated heterocycles. The van der Waals surface area contributed by atoms with E-state index < -0.39 is 0 Å². The summed E-state index contributed by atoms with van der Waals surface area (Å²) in [6, 6.07) is 10.1. The average Bonchev–Trinajstić information content (AvgIpc) is 2.73. The Morgan fingerprint density at radius 3 is 2.86 bits per heavy atom. The molecule has 2 amide bonds. The molecule has 3 rings (SSSR count). The maximum atomic E-state index is 13.2. The number of aromatic nitrogens is 1. The topological polar surface area (TPSA) is 62.3 Å². The number of anilines is 1. The second kappa shape index (κ2) is 10.1. The Balaban J connectivity index is 1.43. The van der Waals surface area contributed by atoms with E-state index >= 15 is 0 Å². The van der Waals surface area contributed by atoms with Crippen molar-refractivity contribution in [2.75, 3.05) is 18.4 Å². The normalized spacial score (nSPS) is 16.5.